The van der Waals surface area contributed by atoms with Gasteiger partial charge in [0.1, 0.15) is 5.82 Å². The molecule has 0 aromatic heterocycles. The van der Waals surface area contributed by atoms with Crippen LogP contribution in [-0.4, -0.2) is 26.5 Å². The topological polar surface area (TPSA) is 30.8 Å². The van der Waals surface area contributed by atoms with Crippen molar-refractivity contribution in [3.8, 4) is 11.5 Å². The molecule has 0 fully saturated rings. The maximum Gasteiger partial charge on any atom is 0.161 e. The Hall–Kier alpha value is -1.88. The molecule has 122 valence electrons. The van der Waals surface area contributed by atoms with Crippen molar-refractivity contribution in [2.45, 2.75) is 12.8 Å². The van der Waals surface area contributed by atoms with Gasteiger partial charge < -0.3 is 9.47 Å². The minimum atomic E-state index is -0.221. The highest BCUT2D eigenvalue weighted by molar-refractivity contribution is 8.93. The van der Waals surface area contributed by atoms with E-state index < -0.39 is 0 Å². The number of fused-ring (bicyclic) bond motifs is 1. The van der Waals surface area contributed by atoms with Crippen LogP contribution in [0.5, 0.6) is 11.5 Å². The molecule has 0 spiro atoms. The summed E-state index contributed by atoms with van der Waals surface area (Å²) in [6.45, 7) is 0.763. The van der Waals surface area contributed by atoms with Gasteiger partial charge in [-0.15, -0.1) is 17.0 Å². The van der Waals surface area contributed by atoms with E-state index in [0.717, 1.165) is 35.6 Å². The summed E-state index contributed by atoms with van der Waals surface area (Å²) in [6.07, 6.45) is 1.57. The van der Waals surface area contributed by atoms with E-state index in [1.165, 1.54) is 17.7 Å². The van der Waals surface area contributed by atoms with E-state index in [9.17, 15) is 4.39 Å². The van der Waals surface area contributed by atoms with Gasteiger partial charge in [0.05, 0.1) is 14.2 Å². The first kappa shape index (κ1) is 17.5. The monoisotopic (exact) mass is 379 g/mol. The maximum atomic E-state index is 13.0. The summed E-state index contributed by atoms with van der Waals surface area (Å²) in [7, 11) is 3.27. The van der Waals surface area contributed by atoms with E-state index in [0.29, 0.717) is 12.2 Å². The van der Waals surface area contributed by atoms with Gasteiger partial charge in [-0.3, -0.25) is 4.99 Å². The summed E-state index contributed by atoms with van der Waals surface area (Å²) in [5.41, 5.74) is 4.36. The van der Waals surface area contributed by atoms with E-state index in [-0.39, 0.29) is 22.8 Å². The molecule has 0 amide bonds. The number of halogens is 2. The maximum absolute atomic E-state index is 13.0. The predicted octanol–water partition coefficient (Wildman–Crippen LogP) is 4.01. The molecule has 0 unspecified atom stereocenters. The fraction of sp³-hybridized carbons (Fsp3) is 0.278. The van der Waals surface area contributed by atoms with Gasteiger partial charge >= 0.3 is 0 Å². The van der Waals surface area contributed by atoms with Crippen molar-refractivity contribution in [2.24, 2.45) is 4.99 Å². The Balaban J connectivity index is 0.00000192. The van der Waals surface area contributed by atoms with Crippen molar-refractivity contribution >= 4 is 22.7 Å². The smallest absolute Gasteiger partial charge is 0.161 e. The first-order valence-corrected chi connectivity index (χ1v) is 7.24. The van der Waals surface area contributed by atoms with Gasteiger partial charge in [0.15, 0.2) is 11.5 Å². The van der Waals surface area contributed by atoms with Gasteiger partial charge in [-0.2, -0.15) is 0 Å². The number of aliphatic imine (C=N–C) groups is 1. The quantitative estimate of drug-likeness (QED) is 0.803. The van der Waals surface area contributed by atoms with Crippen LogP contribution in [0.3, 0.4) is 0 Å². The molecule has 2 aromatic carbocycles. The molecule has 0 aliphatic carbocycles. The summed E-state index contributed by atoms with van der Waals surface area (Å²) in [6, 6.07) is 10.6. The number of ether oxygens (including phenoxy) is 2. The molecule has 1 aliphatic heterocycles. The van der Waals surface area contributed by atoms with Gasteiger partial charge in [-0.05, 0) is 41.8 Å². The molecule has 0 saturated carbocycles. The van der Waals surface area contributed by atoms with Crippen LogP contribution in [0.25, 0.3) is 0 Å². The molecule has 0 radical (unpaired) electrons. The highest BCUT2D eigenvalue weighted by Gasteiger charge is 2.18. The van der Waals surface area contributed by atoms with Crippen molar-refractivity contribution in [1.82, 2.24) is 0 Å². The van der Waals surface area contributed by atoms with Crippen LogP contribution in [0.15, 0.2) is 41.4 Å². The second-order valence-corrected chi connectivity index (χ2v) is 5.25. The Morgan fingerprint density at radius 2 is 1.70 bits per heavy atom. The summed E-state index contributed by atoms with van der Waals surface area (Å²) in [4.78, 5) is 4.65. The standard InChI is InChI=1S/C18H18FNO2.BrH/c1-21-17-10-13-7-8-20-16(15(13)11-18(17)22-2)9-12-3-5-14(19)6-4-12;/h3-6,10-11H,7-9H2,1-2H3;1H. The lowest BCUT2D eigenvalue weighted by Gasteiger charge is -2.20. The van der Waals surface area contributed by atoms with Gasteiger partial charge in [-0.25, -0.2) is 4.39 Å². The van der Waals surface area contributed by atoms with Crippen LogP contribution in [0, 0.1) is 5.82 Å². The van der Waals surface area contributed by atoms with Gasteiger partial charge in [0, 0.05) is 24.2 Å². The van der Waals surface area contributed by atoms with Crippen molar-refractivity contribution in [2.75, 3.05) is 20.8 Å². The molecule has 3 nitrogen and oxygen atoms in total. The Morgan fingerprint density at radius 1 is 1.04 bits per heavy atom. The van der Waals surface area contributed by atoms with Crippen molar-refractivity contribution in [3.63, 3.8) is 0 Å². The molecular formula is C18H19BrFNO2. The van der Waals surface area contributed by atoms with Crippen LogP contribution in [0.1, 0.15) is 16.7 Å². The summed E-state index contributed by atoms with van der Waals surface area (Å²) in [5.74, 6) is 1.22. The first-order chi connectivity index (χ1) is 10.7. The third kappa shape index (κ3) is 3.72. The second-order valence-electron chi connectivity index (χ2n) is 5.25. The number of benzene rings is 2. The lowest BCUT2D eigenvalue weighted by Crippen LogP contribution is -2.16. The van der Waals surface area contributed by atoms with E-state index in [1.807, 2.05) is 12.1 Å². The van der Waals surface area contributed by atoms with Gasteiger partial charge in [0.2, 0.25) is 0 Å². The van der Waals surface area contributed by atoms with Crippen LogP contribution >= 0.6 is 17.0 Å². The minimum Gasteiger partial charge on any atom is -0.493 e. The number of hydrogen-bond acceptors (Lipinski definition) is 3. The summed E-state index contributed by atoms with van der Waals surface area (Å²) < 4.78 is 23.8. The number of rotatable bonds is 4. The molecule has 23 heavy (non-hydrogen) atoms. The molecule has 1 aliphatic rings. The zero-order valence-electron chi connectivity index (χ0n) is 13.1. The summed E-state index contributed by atoms with van der Waals surface area (Å²) in [5, 5.41) is 0. The minimum absolute atomic E-state index is 0. The molecular weight excluding hydrogens is 361 g/mol. The highest BCUT2D eigenvalue weighted by Crippen LogP contribution is 2.33. The average Bonchev–Trinajstić information content (AvgIpc) is 2.56. The SMILES string of the molecule is Br.COc1cc2c(cc1OC)C(Cc1ccc(F)cc1)=NCC2. The van der Waals surface area contributed by atoms with Crippen LogP contribution in [-0.2, 0) is 12.8 Å². The molecule has 0 saturated heterocycles. The van der Waals surface area contributed by atoms with Crippen LogP contribution in [0.2, 0.25) is 0 Å². The molecule has 3 rings (SSSR count). The lowest BCUT2D eigenvalue weighted by molar-refractivity contribution is 0.354. The Kier molecular flexibility index (Phi) is 5.77. The van der Waals surface area contributed by atoms with Gasteiger partial charge in [-0.1, -0.05) is 12.1 Å². The third-order valence-corrected chi connectivity index (χ3v) is 3.89. The third-order valence-electron chi connectivity index (χ3n) is 3.89. The van der Waals surface area contributed by atoms with E-state index in [4.69, 9.17) is 9.47 Å². The highest BCUT2D eigenvalue weighted by atomic mass is 79.9. The second kappa shape index (κ2) is 7.59. The normalized spacial score (nSPS) is 12.7. The van der Waals surface area contributed by atoms with Crippen molar-refractivity contribution in [3.05, 3.63) is 58.9 Å². The summed E-state index contributed by atoms with van der Waals surface area (Å²) >= 11 is 0. The molecule has 0 atom stereocenters. The van der Waals surface area contributed by atoms with Crippen LogP contribution in [0.4, 0.5) is 4.39 Å². The number of nitrogens with zero attached hydrogens (tertiary/aromatic N) is 1. The Morgan fingerprint density at radius 3 is 2.35 bits per heavy atom. The van der Waals surface area contributed by atoms with E-state index >= 15 is 0 Å². The largest absolute Gasteiger partial charge is 0.493 e. The Bertz CT molecular complexity index is 714. The zero-order chi connectivity index (χ0) is 15.5. The van der Waals surface area contributed by atoms with Gasteiger partial charge in [0.25, 0.3) is 0 Å². The molecule has 5 heteroatoms. The zero-order valence-corrected chi connectivity index (χ0v) is 14.8. The number of hydrogen-bond donors (Lipinski definition) is 0. The van der Waals surface area contributed by atoms with E-state index in [2.05, 4.69) is 4.99 Å². The Labute approximate surface area is 145 Å². The van der Waals surface area contributed by atoms with Crippen LogP contribution < -0.4 is 9.47 Å². The van der Waals surface area contributed by atoms with Crippen molar-refractivity contribution in [1.29, 1.82) is 0 Å². The average molecular weight is 380 g/mol. The molecule has 0 N–H and O–H groups in total. The first-order valence-electron chi connectivity index (χ1n) is 7.24. The molecule has 0 bridgehead atoms. The fourth-order valence-electron chi connectivity index (χ4n) is 2.74. The fourth-order valence-corrected chi connectivity index (χ4v) is 2.74. The lowest BCUT2D eigenvalue weighted by atomic mass is 9.93. The van der Waals surface area contributed by atoms with E-state index in [1.54, 1.807) is 26.4 Å². The molecule has 1 heterocycles. The predicted molar refractivity (Wildman–Crippen MR) is 95.1 cm³/mol. The number of methoxy groups -OCH3 is 2. The van der Waals surface area contributed by atoms with Crippen molar-refractivity contribution < 1.29 is 13.9 Å². The molecule has 2 aromatic rings.